The zero-order valence-electron chi connectivity index (χ0n) is 37.5. The fourth-order valence-corrected chi connectivity index (χ4v) is 15.0. The van der Waals surface area contributed by atoms with Gasteiger partial charge in [0.15, 0.2) is 21.6 Å². The lowest BCUT2D eigenvalue weighted by molar-refractivity contribution is -0.109. The minimum absolute atomic E-state index is 0.0342. The maximum Gasteiger partial charge on any atom is 0.190 e. The van der Waals surface area contributed by atoms with Crippen molar-refractivity contribution in [3.8, 4) is 29.3 Å². The Labute approximate surface area is 413 Å². The quantitative estimate of drug-likeness (QED) is 0.0307. The van der Waals surface area contributed by atoms with Crippen LogP contribution in [0.1, 0.15) is 128 Å². The molecule has 0 aliphatic rings. The Balaban J connectivity index is 1.37. The molecule has 3 aromatic carbocycles. The van der Waals surface area contributed by atoms with Crippen molar-refractivity contribution in [3.63, 3.8) is 0 Å². The first-order valence-corrected chi connectivity index (χ1v) is 28.0. The van der Waals surface area contributed by atoms with Gasteiger partial charge in [0, 0.05) is 69.6 Å². The summed E-state index contributed by atoms with van der Waals surface area (Å²) in [6, 6.07) is 38.7. The number of thiophene rings is 4. The Morgan fingerprint density at radius 1 is 0.477 bits per heavy atom. The third kappa shape index (κ3) is 12.0. The molecule has 0 unspecified atom stereocenters. The van der Waals surface area contributed by atoms with E-state index in [1.165, 1.54) is 106 Å². The number of carbonyl (C=O) groups is 4. The fraction of sp³-hybridized carbons (Fsp3) is 0.296. The summed E-state index contributed by atoms with van der Waals surface area (Å²) in [5.74, 6) is 0. The van der Waals surface area contributed by atoms with Crippen LogP contribution in [0.25, 0.3) is 29.3 Å². The number of benzene rings is 3. The first-order valence-electron chi connectivity index (χ1n) is 22.3. The summed E-state index contributed by atoms with van der Waals surface area (Å²) in [6.07, 6.45) is 12.3. The van der Waals surface area contributed by atoms with Crippen LogP contribution in [-0.4, -0.2) is 21.6 Å². The van der Waals surface area contributed by atoms with Gasteiger partial charge in [0.1, 0.15) is 0 Å². The molecule has 0 N–H and O–H groups in total. The minimum atomic E-state index is -0.780. The smallest absolute Gasteiger partial charge is 0.190 e. The second-order valence-electron chi connectivity index (χ2n) is 16.1. The van der Waals surface area contributed by atoms with Crippen molar-refractivity contribution in [1.29, 1.82) is 0 Å². The molecule has 0 atom stereocenters. The van der Waals surface area contributed by atoms with E-state index in [2.05, 4.69) is 86.6 Å². The third-order valence-electron chi connectivity index (χ3n) is 11.3. The van der Waals surface area contributed by atoms with Crippen molar-refractivity contribution in [1.82, 2.24) is 0 Å². The number of aryl methyl sites for hydroxylation is 2. The molecular weight excluding hydrogens is 937 g/mol. The Morgan fingerprint density at radius 2 is 0.862 bits per heavy atom. The topological polar surface area (TPSA) is 68.3 Å². The molecule has 65 heavy (non-hydrogen) atoms. The molecule has 4 heterocycles. The molecule has 7 rings (SSSR count). The summed E-state index contributed by atoms with van der Waals surface area (Å²) in [7, 11) is 0. The average Bonchev–Trinajstić information content (AvgIpc) is 4.12. The molecule has 336 valence electrons. The number of rotatable bonds is 21. The zero-order chi connectivity index (χ0) is 45.9. The maximum atomic E-state index is 12.2. The second kappa shape index (κ2) is 23.3. The Hall–Kier alpha value is -3.81. The highest BCUT2D eigenvalue weighted by molar-refractivity contribution is 8.14. The first kappa shape index (κ1) is 49.1. The van der Waals surface area contributed by atoms with Crippen molar-refractivity contribution >= 4 is 102 Å². The molecule has 0 aliphatic carbocycles. The summed E-state index contributed by atoms with van der Waals surface area (Å²) in [5.41, 5.74) is 5.01. The van der Waals surface area contributed by atoms with Crippen molar-refractivity contribution in [2.75, 3.05) is 0 Å². The van der Waals surface area contributed by atoms with Crippen LogP contribution in [-0.2, 0) is 32.6 Å². The average molecular weight is 991 g/mol. The highest BCUT2D eigenvalue weighted by Crippen LogP contribution is 2.53. The van der Waals surface area contributed by atoms with Crippen LogP contribution in [0.15, 0.2) is 124 Å². The van der Waals surface area contributed by atoms with Crippen LogP contribution in [0, 0.1) is 0 Å². The van der Waals surface area contributed by atoms with Crippen molar-refractivity contribution in [2.24, 2.45) is 0 Å². The second-order valence-corrected chi connectivity index (χ2v) is 24.2. The predicted molar refractivity (Wildman–Crippen MR) is 283 cm³/mol. The summed E-state index contributed by atoms with van der Waals surface area (Å²) >= 11 is 10.8. The van der Waals surface area contributed by atoms with Gasteiger partial charge in [0.25, 0.3) is 0 Å². The van der Waals surface area contributed by atoms with E-state index in [0.717, 1.165) is 81.1 Å². The number of aldehydes is 1. The Bertz CT molecular complexity index is 2570. The van der Waals surface area contributed by atoms with Gasteiger partial charge in [-0.3, -0.25) is 19.2 Å². The van der Waals surface area contributed by atoms with Gasteiger partial charge in [-0.2, -0.15) is 0 Å². The standard InChI is InChI=1S/C54H54O4S7/c1-6-8-10-12-14-38-32-46(34-55)62-52(38)49-30-28-47(63-49)48-29-31-50(64-48)53-39(15-13-11-9-7-2)33-51(65-53)54(40-16-22-43(23-17-40)59-35(3)56,41-18-24-44(25-19-41)60-36(4)57)42-20-26-45(27-21-42)61-37(5)58/h16-34H,6-15H2,1-5H3. The van der Waals surface area contributed by atoms with Gasteiger partial charge in [-0.1, -0.05) is 124 Å². The van der Waals surface area contributed by atoms with Gasteiger partial charge >= 0.3 is 0 Å². The molecule has 4 nitrogen and oxygen atoms in total. The third-order valence-corrected chi connectivity index (χ3v) is 18.8. The number of hydrogen-bond acceptors (Lipinski definition) is 11. The molecule has 0 bridgehead atoms. The monoisotopic (exact) mass is 990 g/mol. The molecular formula is C54H54O4S7. The fourth-order valence-electron chi connectivity index (χ4n) is 8.32. The van der Waals surface area contributed by atoms with E-state index in [9.17, 15) is 19.2 Å². The first-order chi connectivity index (χ1) is 31.5. The lowest BCUT2D eigenvalue weighted by Gasteiger charge is -2.35. The molecule has 0 amide bonds. The number of unbranched alkanes of at least 4 members (excludes halogenated alkanes) is 6. The van der Waals surface area contributed by atoms with Crippen molar-refractivity contribution < 1.29 is 19.2 Å². The van der Waals surface area contributed by atoms with E-state index >= 15 is 0 Å². The number of carbonyl (C=O) groups excluding carboxylic acids is 4. The molecule has 11 heteroatoms. The highest BCUT2D eigenvalue weighted by atomic mass is 32.2. The minimum Gasteiger partial charge on any atom is -0.297 e. The normalized spacial score (nSPS) is 11.6. The molecule has 0 fully saturated rings. The molecule has 0 saturated heterocycles. The van der Waals surface area contributed by atoms with Gasteiger partial charge in [-0.05, 0) is 126 Å². The van der Waals surface area contributed by atoms with Crippen LogP contribution < -0.4 is 0 Å². The number of thioether (sulfide) groups is 3. The van der Waals surface area contributed by atoms with Gasteiger partial charge in [0.05, 0.1) is 10.3 Å². The van der Waals surface area contributed by atoms with E-state index in [-0.39, 0.29) is 15.3 Å². The molecule has 0 aliphatic heterocycles. The van der Waals surface area contributed by atoms with Gasteiger partial charge in [0.2, 0.25) is 0 Å². The van der Waals surface area contributed by atoms with Crippen molar-refractivity contribution in [3.05, 3.63) is 147 Å². The van der Waals surface area contributed by atoms with Gasteiger partial charge < -0.3 is 0 Å². The SMILES string of the molecule is CCCCCCc1cc(C=O)sc1-c1ccc(-c2ccc(-c3sc(C(c4ccc(SC(C)=O)cc4)(c4ccc(SC(C)=O)cc4)c4ccc(SC(C)=O)cc4)cc3CCCCCC)s2)s1. The summed E-state index contributed by atoms with van der Waals surface area (Å²) in [6.45, 7) is 9.25. The van der Waals surface area contributed by atoms with E-state index in [1.54, 1.807) is 32.1 Å². The van der Waals surface area contributed by atoms with Crippen molar-refractivity contribution in [2.45, 2.75) is 119 Å². The molecule has 0 radical (unpaired) electrons. The van der Waals surface area contributed by atoms with E-state index in [0.29, 0.717) is 0 Å². The Morgan fingerprint density at radius 3 is 1.25 bits per heavy atom. The van der Waals surface area contributed by atoms with Crippen LogP contribution in [0.4, 0.5) is 0 Å². The van der Waals surface area contributed by atoms with Crippen LogP contribution >= 0.6 is 80.6 Å². The number of hydrogen-bond donors (Lipinski definition) is 0. The lowest BCUT2D eigenvalue weighted by Crippen LogP contribution is -2.30. The Kier molecular flexibility index (Phi) is 17.6. The summed E-state index contributed by atoms with van der Waals surface area (Å²) in [4.78, 5) is 60.6. The van der Waals surface area contributed by atoms with E-state index < -0.39 is 5.41 Å². The van der Waals surface area contributed by atoms with E-state index in [4.69, 9.17) is 0 Å². The summed E-state index contributed by atoms with van der Waals surface area (Å²) in [5, 5.41) is 0.103. The van der Waals surface area contributed by atoms with Gasteiger partial charge in [-0.25, -0.2) is 0 Å². The predicted octanol–water partition coefficient (Wildman–Crippen LogP) is 17.3. The summed E-state index contributed by atoms with van der Waals surface area (Å²) < 4.78 is 0. The largest absolute Gasteiger partial charge is 0.297 e. The van der Waals surface area contributed by atoms with Gasteiger partial charge in [-0.15, -0.1) is 45.3 Å². The lowest BCUT2D eigenvalue weighted by atomic mass is 9.68. The van der Waals surface area contributed by atoms with Crippen LogP contribution in [0.5, 0.6) is 0 Å². The van der Waals surface area contributed by atoms with E-state index in [1.807, 2.05) is 70.4 Å². The molecule has 4 aromatic heterocycles. The van der Waals surface area contributed by atoms with Crippen LogP contribution in [0.2, 0.25) is 0 Å². The molecule has 0 saturated carbocycles. The zero-order valence-corrected chi connectivity index (χ0v) is 43.2. The highest BCUT2D eigenvalue weighted by Gasteiger charge is 2.41. The van der Waals surface area contributed by atoms with Crippen LogP contribution in [0.3, 0.4) is 0 Å². The maximum absolute atomic E-state index is 12.2. The molecule has 7 aromatic rings. The molecule has 0 spiro atoms.